The molecule has 12 nitrogen and oxygen atoms in total. The number of β-amino-alcohol motifs (C(OH)–C–C–N with tert-alkyl or cyclic N) is 1. The molecule has 2 amide bonds. The maximum absolute atomic E-state index is 13.7. The molecule has 2 fully saturated rings. The van der Waals surface area contributed by atoms with Gasteiger partial charge in [-0.05, 0) is 65.7 Å². The third-order valence-electron chi connectivity index (χ3n) is 6.69. The van der Waals surface area contributed by atoms with Gasteiger partial charge in [-0.1, -0.05) is 12.1 Å². The SMILES string of the molecule is COc1ccc(C[C@@H]2[C@H](OC(=O)NCCN3CC(O)C(F)(F)C3)[C@@H](OC(=O)OC(C)(C)C)CN2C(=O)OC(C)(C)C)cc1. The minimum absolute atomic E-state index is 0.0452. The first-order valence-electron chi connectivity index (χ1n) is 14.1. The van der Waals surface area contributed by atoms with E-state index in [-0.39, 0.29) is 32.6 Å². The van der Waals surface area contributed by atoms with E-state index in [2.05, 4.69) is 5.32 Å². The van der Waals surface area contributed by atoms with Crippen LogP contribution in [0.25, 0.3) is 0 Å². The van der Waals surface area contributed by atoms with Gasteiger partial charge in [0.15, 0.2) is 12.2 Å². The van der Waals surface area contributed by atoms with Crippen molar-refractivity contribution in [2.75, 3.05) is 39.8 Å². The van der Waals surface area contributed by atoms with Crippen LogP contribution in [0.5, 0.6) is 5.75 Å². The number of carbonyl (C=O) groups is 3. The number of rotatable bonds is 8. The summed E-state index contributed by atoms with van der Waals surface area (Å²) in [6.45, 7) is 9.13. The summed E-state index contributed by atoms with van der Waals surface area (Å²) in [6, 6.07) is 6.28. The average Bonchev–Trinajstić information content (AvgIpc) is 3.32. The number of methoxy groups -OCH3 is 1. The number of hydrogen-bond acceptors (Lipinski definition) is 10. The third-order valence-corrected chi connectivity index (χ3v) is 6.69. The van der Waals surface area contributed by atoms with E-state index in [1.165, 1.54) is 16.9 Å². The van der Waals surface area contributed by atoms with Gasteiger partial charge in [-0.3, -0.25) is 9.80 Å². The number of amides is 2. The second kappa shape index (κ2) is 13.5. The van der Waals surface area contributed by atoms with E-state index < -0.39 is 66.4 Å². The highest BCUT2D eigenvalue weighted by Crippen LogP contribution is 2.31. The summed E-state index contributed by atoms with van der Waals surface area (Å²) in [6.07, 6.45) is -6.42. The molecule has 1 aromatic carbocycles. The lowest BCUT2D eigenvalue weighted by Crippen LogP contribution is -2.46. The van der Waals surface area contributed by atoms with Crippen LogP contribution in [0.3, 0.4) is 0 Å². The smallest absolute Gasteiger partial charge is 0.497 e. The minimum Gasteiger partial charge on any atom is -0.497 e. The van der Waals surface area contributed by atoms with Gasteiger partial charge in [0.2, 0.25) is 0 Å². The maximum atomic E-state index is 13.7. The van der Waals surface area contributed by atoms with Crippen molar-refractivity contribution in [2.45, 2.75) is 89.4 Å². The van der Waals surface area contributed by atoms with Crippen molar-refractivity contribution in [3.63, 3.8) is 0 Å². The Bertz CT molecular complexity index is 1120. The summed E-state index contributed by atoms with van der Waals surface area (Å²) in [5, 5.41) is 12.0. The average molecular weight is 616 g/mol. The van der Waals surface area contributed by atoms with Crippen LogP contribution in [-0.2, 0) is 25.4 Å². The molecule has 14 heteroatoms. The van der Waals surface area contributed by atoms with Crippen LogP contribution in [0.4, 0.5) is 23.2 Å². The molecule has 3 rings (SSSR count). The number of alkyl carbamates (subject to hydrolysis) is 1. The molecule has 0 spiro atoms. The van der Waals surface area contributed by atoms with Gasteiger partial charge >= 0.3 is 18.3 Å². The van der Waals surface area contributed by atoms with Crippen molar-refractivity contribution in [3.05, 3.63) is 29.8 Å². The minimum atomic E-state index is -3.23. The molecule has 0 aromatic heterocycles. The fourth-order valence-electron chi connectivity index (χ4n) is 4.77. The van der Waals surface area contributed by atoms with Crippen LogP contribution in [0.1, 0.15) is 47.1 Å². The molecule has 0 bridgehead atoms. The first-order valence-corrected chi connectivity index (χ1v) is 14.1. The topological polar surface area (TPSA) is 136 Å². The third kappa shape index (κ3) is 10.1. The van der Waals surface area contributed by atoms with Crippen LogP contribution in [-0.4, -0.2) is 115 Å². The monoisotopic (exact) mass is 615 g/mol. The Labute approximate surface area is 250 Å². The van der Waals surface area contributed by atoms with Crippen molar-refractivity contribution in [1.82, 2.24) is 15.1 Å². The largest absolute Gasteiger partial charge is 0.509 e. The molecule has 1 unspecified atom stereocenters. The molecular weight excluding hydrogens is 572 g/mol. The molecule has 43 heavy (non-hydrogen) atoms. The quantitative estimate of drug-likeness (QED) is 0.330. The van der Waals surface area contributed by atoms with E-state index in [1.54, 1.807) is 65.8 Å². The number of aliphatic hydroxyl groups excluding tert-OH is 1. The van der Waals surface area contributed by atoms with Crippen LogP contribution < -0.4 is 10.1 Å². The fraction of sp³-hybridized carbons (Fsp3) is 0.690. The summed E-state index contributed by atoms with van der Waals surface area (Å²) in [4.78, 5) is 41.6. The molecule has 1 aromatic rings. The van der Waals surface area contributed by atoms with Crippen LogP contribution in [0, 0.1) is 0 Å². The van der Waals surface area contributed by atoms with Gasteiger partial charge in [-0.15, -0.1) is 0 Å². The molecule has 242 valence electrons. The number of nitrogens with zero attached hydrogens (tertiary/aromatic N) is 2. The van der Waals surface area contributed by atoms with Crippen LogP contribution in [0.15, 0.2) is 24.3 Å². The van der Waals surface area contributed by atoms with Crippen molar-refractivity contribution in [3.8, 4) is 5.75 Å². The molecule has 2 aliphatic rings. The Kier molecular flexibility index (Phi) is 10.7. The molecule has 2 saturated heterocycles. The fourth-order valence-corrected chi connectivity index (χ4v) is 4.77. The summed E-state index contributed by atoms with van der Waals surface area (Å²) in [5.74, 6) is -2.60. The Hall–Kier alpha value is -3.39. The molecule has 0 radical (unpaired) electrons. The van der Waals surface area contributed by atoms with Gasteiger partial charge in [-0.2, -0.15) is 0 Å². The van der Waals surface area contributed by atoms with Crippen LogP contribution in [0.2, 0.25) is 0 Å². The molecule has 2 heterocycles. The van der Waals surface area contributed by atoms with Crippen molar-refractivity contribution >= 4 is 18.3 Å². The first-order chi connectivity index (χ1) is 19.9. The predicted octanol–water partition coefficient (Wildman–Crippen LogP) is 3.58. The Morgan fingerprint density at radius 1 is 1.00 bits per heavy atom. The van der Waals surface area contributed by atoms with E-state index in [1.807, 2.05) is 0 Å². The highest BCUT2D eigenvalue weighted by atomic mass is 19.3. The van der Waals surface area contributed by atoms with E-state index >= 15 is 0 Å². The zero-order valence-electron chi connectivity index (χ0n) is 25.7. The second-order valence-electron chi connectivity index (χ2n) is 12.7. The standard InChI is InChI=1S/C29H43F2N3O9/c1-27(2,3)42-25(37)34-15-21(40-26(38)43-28(4,5)6)23(20(34)14-18-8-10-19(39-7)11-9-18)41-24(36)32-12-13-33-16-22(35)29(30,31)17-33/h8-11,20-23,35H,12-17H2,1-7H3,(H,32,36)/t20-,21+,22?,23+/m1/s1. The summed E-state index contributed by atoms with van der Waals surface area (Å²) in [7, 11) is 1.54. The number of carbonyl (C=O) groups excluding carboxylic acids is 3. The second-order valence-corrected chi connectivity index (χ2v) is 12.7. The summed E-state index contributed by atoms with van der Waals surface area (Å²) in [5.41, 5.74) is -0.921. The number of ether oxygens (including phenoxy) is 5. The van der Waals surface area contributed by atoms with Gasteiger partial charge in [0.1, 0.15) is 23.1 Å². The summed E-state index contributed by atoms with van der Waals surface area (Å²) < 4.78 is 54.8. The first kappa shape index (κ1) is 34.1. The maximum Gasteiger partial charge on any atom is 0.509 e. The molecule has 0 saturated carbocycles. The number of likely N-dealkylation sites (tertiary alicyclic amines) is 2. The molecule has 2 aliphatic heterocycles. The van der Waals surface area contributed by atoms with Crippen LogP contribution >= 0.6 is 0 Å². The number of nitrogens with one attached hydrogen (secondary N) is 1. The molecule has 0 aliphatic carbocycles. The highest BCUT2D eigenvalue weighted by Gasteiger charge is 2.50. The van der Waals surface area contributed by atoms with Crippen molar-refractivity contribution in [1.29, 1.82) is 0 Å². The van der Waals surface area contributed by atoms with Gasteiger partial charge in [0.05, 0.1) is 26.2 Å². The Balaban J connectivity index is 1.81. The molecule has 2 N–H and O–H groups in total. The highest BCUT2D eigenvalue weighted by molar-refractivity contribution is 5.71. The van der Waals surface area contributed by atoms with Crippen molar-refractivity contribution in [2.24, 2.45) is 0 Å². The van der Waals surface area contributed by atoms with Gasteiger partial charge in [0, 0.05) is 19.6 Å². The number of halogens is 2. The number of aliphatic hydroxyl groups is 1. The summed E-state index contributed by atoms with van der Waals surface area (Å²) >= 11 is 0. The Morgan fingerprint density at radius 3 is 2.16 bits per heavy atom. The molecule has 4 atom stereocenters. The van der Waals surface area contributed by atoms with E-state index in [4.69, 9.17) is 23.7 Å². The van der Waals surface area contributed by atoms with Gasteiger partial charge in [-0.25, -0.2) is 23.2 Å². The lowest BCUT2D eigenvalue weighted by atomic mass is 10.0. The lowest BCUT2D eigenvalue weighted by molar-refractivity contribution is -0.0730. The van der Waals surface area contributed by atoms with Gasteiger partial charge in [0.25, 0.3) is 5.92 Å². The zero-order chi connectivity index (χ0) is 32.2. The van der Waals surface area contributed by atoms with Gasteiger partial charge < -0.3 is 34.1 Å². The van der Waals surface area contributed by atoms with E-state index in [0.717, 1.165) is 5.56 Å². The van der Waals surface area contributed by atoms with E-state index in [9.17, 15) is 28.3 Å². The van der Waals surface area contributed by atoms with Crippen molar-refractivity contribution < 1.29 is 52.0 Å². The molecular formula is C29H43F2N3O9. The number of hydrogen-bond donors (Lipinski definition) is 2. The number of benzene rings is 1. The lowest BCUT2D eigenvalue weighted by Gasteiger charge is -2.30. The van der Waals surface area contributed by atoms with E-state index in [0.29, 0.717) is 5.75 Å². The number of alkyl halides is 2. The zero-order valence-corrected chi connectivity index (χ0v) is 25.7. The normalized spacial score (nSPS) is 23.9. The predicted molar refractivity (Wildman–Crippen MR) is 150 cm³/mol. The Morgan fingerprint density at radius 2 is 1.63 bits per heavy atom.